The SMILES string of the molecule is CC(CC(=N)C(=O)N1CCN(S(C)(=O)=O)CC1)C(=O)O. The lowest BCUT2D eigenvalue weighted by Crippen LogP contribution is -2.51. The Hall–Kier alpha value is -1.48. The first-order chi connectivity index (χ1) is 9.12. The minimum atomic E-state index is -3.26. The first-order valence-corrected chi connectivity index (χ1v) is 8.02. The average molecular weight is 305 g/mol. The number of sulfonamides is 1. The lowest BCUT2D eigenvalue weighted by Gasteiger charge is -2.33. The molecule has 0 aliphatic carbocycles. The Labute approximate surface area is 117 Å². The van der Waals surface area contributed by atoms with Crippen molar-refractivity contribution in [2.75, 3.05) is 32.4 Å². The van der Waals surface area contributed by atoms with E-state index in [0.717, 1.165) is 6.26 Å². The van der Waals surface area contributed by atoms with E-state index in [4.69, 9.17) is 10.5 Å². The summed E-state index contributed by atoms with van der Waals surface area (Å²) in [6.07, 6.45) is 0.988. The smallest absolute Gasteiger partial charge is 0.306 e. The number of rotatable bonds is 5. The molecule has 0 aromatic heterocycles. The molecule has 0 aromatic carbocycles. The molecule has 1 atom stereocenters. The van der Waals surface area contributed by atoms with Gasteiger partial charge in [0.15, 0.2) is 0 Å². The maximum absolute atomic E-state index is 12.0. The van der Waals surface area contributed by atoms with Crippen molar-refractivity contribution in [2.45, 2.75) is 13.3 Å². The number of nitrogens with one attached hydrogen (secondary N) is 1. The van der Waals surface area contributed by atoms with Crippen LogP contribution in [-0.4, -0.2) is 72.8 Å². The Morgan fingerprint density at radius 1 is 1.25 bits per heavy atom. The molecule has 1 aliphatic rings. The van der Waals surface area contributed by atoms with Crippen LogP contribution in [0, 0.1) is 11.3 Å². The zero-order valence-corrected chi connectivity index (χ0v) is 12.3. The Kier molecular flexibility index (Phi) is 5.23. The fraction of sp³-hybridized carbons (Fsp3) is 0.727. The summed E-state index contributed by atoms with van der Waals surface area (Å²) < 4.78 is 23.9. The normalized spacial score (nSPS) is 18.6. The van der Waals surface area contributed by atoms with Gasteiger partial charge in [-0.05, 0) is 0 Å². The number of piperazine rings is 1. The number of carbonyl (C=O) groups excluding carboxylic acids is 1. The number of carbonyl (C=O) groups is 2. The van der Waals surface area contributed by atoms with Crippen LogP contribution >= 0.6 is 0 Å². The summed E-state index contributed by atoms with van der Waals surface area (Å²) in [7, 11) is -3.26. The van der Waals surface area contributed by atoms with Crippen LogP contribution in [0.25, 0.3) is 0 Å². The van der Waals surface area contributed by atoms with Crippen LogP contribution in [0.15, 0.2) is 0 Å². The van der Waals surface area contributed by atoms with Crippen LogP contribution in [0.1, 0.15) is 13.3 Å². The fourth-order valence-corrected chi connectivity index (χ4v) is 2.72. The molecule has 0 spiro atoms. The third-order valence-electron chi connectivity index (χ3n) is 3.18. The van der Waals surface area contributed by atoms with Crippen molar-refractivity contribution in [1.82, 2.24) is 9.21 Å². The van der Waals surface area contributed by atoms with Gasteiger partial charge in [0.25, 0.3) is 5.91 Å². The zero-order valence-electron chi connectivity index (χ0n) is 11.5. The molecule has 20 heavy (non-hydrogen) atoms. The molecule has 1 saturated heterocycles. The largest absolute Gasteiger partial charge is 0.481 e. The Balaban J connectivity index is 2.55. The van der Waals surface area contributed by atoms with Crippen LogP contribution in [0.4, 0.5) is 0 Å². The van der Waals surface area contributed by atoms with Gasteiger partial charge in [0.05, 0.1) is 17.9 Å². The lowest BCUT2D eigenvalue weighted by molar-refractivity contribution is -0.140. The summed E-state index contributed by atoms with van der Waals surface area (Å²) in [6, 6.07) is 0. The van der Waals surface area contributed by atoms with Gasteiger partial charge < -0.3 is 10.0 Å². The molecule has 0 radical (unpaired) electrons. The quantitative estimate of drug-likeness (QED) is 0.646. The molecule has 1 rings (SSSR count). The van der Waals surface area contributed by atoms with E-state index in [1.165, 1.54) is 16.1 Å². The molecule has 1 unspecified atom stereocenters. The van der Waals surface area contributed by atoms with Gasteiger partial charge in [-0.15, -0.1) is 0 Å². The summed E-state index contributed by atoms with van der Waals surface area (Å²) in [5.41, 5.74) is -0.257. The highest BCUT2D eigenvalue weighted by molar-refractivity contribution is 7.88. The third-order valence-corrected chi connectivity index (χ3v) is 4.49. The molecule has 1 amide bonds. The van der Waals surface area contributed by atoms with E-state index in [-0.39, 0.29) is 38.3 Å². The van der Waals surface area contributed by atoms with Gasteiger partial charge in [0.1, 0.15) is 0 Å². The van der Waals surface area contributed by atoms with Gasteiger partial charge >= 0.3 is 5.97 Å². The molecule has 0 aromatic rings. The second-order valence-electron chi connectivity index (χ2n) is 4.88. The van der Waals surface area contributed by atoms with E-state index in [9.17, 15) is 18.0 Å². The van der Waals surface area contributed by atoms with Gasteiger partial charge in [-0.3, -0.25) is 15.0 Å². The van der Waals surface area contributed by atoms with E-state index >= 15 is 0 Å². The lowest BCUT2D eigenvalue weighted by atomic mass is 10.0. The zero-order chi connectivity index (χ0) is 15.5. The molecule has 9 heteroatoms. The van der Waals surface area contributed by atoms with Gasteiger partial charge in [-0.25, -0.2) is 8.42 Å². The summed E-state index contributed by atoms with van der Waals surface area (Å²) in [5.74, 6) is -2.36. The van der Waals surface area contributed by atoms with Crippen molar-refractivity contribution in [3.63, 3.8) is 0 Å². The number of amides is 1. The fourth-order valence-electron chi connectivity index (χ4n) is 1.89. The number of aliphatic carboxylic acids is 1. The van der Waals surface area contributed by atoms with Crippen LogP contribution in [0.2, 0.25) is 0 Å². The molecule has 0 saturated carbocycles. The van der Waals surface area contributed by atoms with Crippen LogP contribution in [0.3, 0.4) is 0 Å². The molecule has 1 fully saturated rings. The summed E-state index contributed by atoms with van der Waals surface area (Å²) >= 11 is 0. The van der Waals surface area contributed by atoms with Gasteiger partial charge in [-0.1, -0.05) is 6.92 Å². The topological polar surface area (TPSA) is 119 Å². The molecule has 1 aliphatic heterocycles. The number of carboxylic acid groups (broad SMARTS) is 1. The van der Waals surface area contributed by atoms with Gasteiger partial charge in [0, 0.05) is 32.6 Å². The first-order valence-electron chi connectivity index (χ1n) is 6.17. The Morgan fingerprint density at radius 2 is 1.75 bits per heavy atom. The predicted octanol–water partition coefficient (Wildman–Crippen LogP) is -0.779. The Bertz CT molecular complexity index is 508. The second kappa shape index (κ2) is 6.31. The maximum atomic E-state index is 12.0. The van der Waals surface area contributed by atoms with Crippen LogP contribution < -0.4 is 0 Å². The second-order valence-corrected chi connectivity index (χ2v) is 6.86. The van der Waals surface area contributed by atoms with Gasteiger partial charge in [0.2, 0.25) is 10.0 Å². The number of carboxylic acids is 1. The van der Waals surface area contributed by atoms with E-state index in [1.54, 1.807) is 0 Å². The summed E-state index contributed by atoms with van der Waals surface area (Å²) in [4.78, 5) is 24.0. The highest BCUT2D eigenvalue weighted by atomic mass is 32.2. The molecule has 8 nitrogen and oxygen atoms in total. The molecule has 1 heterocycles. The number of hydrogen-bond donors (Lipinski definition) is 2. The van der Waals surface area contributed by atoms with E-state index in [0.29, 0.717) is 0 Å². The predicted molar refractivity (Wildman–Crippen MR) is 72.1 cm³/mol. The molecular formula is C11H19N3O5S. The van der Waals surface area contributed by atoms with E-state index in [1.807, 2.05) is 0 Å². The highest BCUT2D eigenvalue weighted by Crippen LogP contribution is 2.09. The van der Waals surface area contributed by atoms with Gasteiger partial charge in [-0.2, -0.15) is 4.31 Å². The van der Waals surface area contributed by atoms with Crippen molar-refractivity contribution in [3.8, 4) is 0 Å². The van der Waals surface area contributed by atoms with Crippen molar-refractivity contribution in [2.24, 2.45) is 5.92 Å². The first kappa shape index (κ1) is 16.6. The summed E-state index contributed by atoms with van der Waals surface area (Å²) in [6.45, 7) is 2.27. The molecule has 0 bridgehead atoms. The highest BCUT2D eigenvalue weighted by Gasteiger charge is 2.28. The monoisotopic (exact) mass is 305 g/mol. The minimum Gasteiger partial charge on any atom is -0.481 e. The molecule has 2 N–H and O–H groups in total. The molecular weight excluding hydrogens is 286 g/mol. The molecule has 114 valence electrons. The minimum absolute atomic E-state index is 0.125. The van der Waals surface area contributed by atoms with Crippen molar-refractivity contribution in [1.29, 1.82) is 5.41 Å². The van der Waals surface area contributed by atoms with E-state index < -0.39 is 27.8 Å². The van der Waals surface area contributed by atoms with Crippen molar-refractivity contribution >= 4 is 27.6 Å². The van der Waals surface area contributed by atoms with Crippen molar-refractivity contribution < 1.29 is 23.1 Å². The Morgan fingerprint density at radius 3 is 2.15 bits per heavy atom. The standard InChI is InChI=1S/C11H19N3O5S/c1-8(11(16)17)7-9(12)10(15)13-3-5-14(6-4-13)20(2,18)19/h8,12H,3-7H2,1-2H3,(H,16,17). The van der Waals surface area contributed by atoms with Crippen molar-refractivity contribution in [3.05, 3.63) is 0 Å². The summed E-state index contributed by atoms with van der Waals surface area (Å²) in [5, 5.41) is 16.4. The third kappa shape index (κ3) is 4.27. The van der Waals surface area contributed by atoms with E-state index in [2.05, 4.69) is 0 Å². The number of nitrogens with zero attached hydrogens (tertiary/aromatic N) is 2. The number of hydrogen-bond acceptors (Lipinski definition) is 5. The maximum Gasteiger partial charge on any atom is 0.306 e. The average Bonchev–Trinajstić information content (AvgIpc) is 2.36. The van der Waals surface area contributed by atoms with Crippen LogP contribution in [0.5, 0.6) is 0 Å². The van der Waals surface area contributed by atoms with Crippen LogP contribution in [-0.2, 0) is 19.6 Å².